The lowest BCUT2D eigenvalue weighted by Gasteiger charge is -2.43. The van der Waals surface area contributed by atoms with E-state index >= 15 is 0 Å². The van der Waals surface area contributed by atoms with Crippen molar-refractivity contribution in [3.05, 3.63) is 113 Å². The number of halogens is 3. The average Bonchev–Trinajstić information content (AvgIpc) is 3.38. The van der Waals surface area contributed by atoms with E-state index in [9.17, 15) is 22.8 Å². The topological polar surface area (TPSA) is 98.1 Å². The Morgan fingerprint density at radius 2 is 1.54 bits per heavy atom. The van der Waals surface area contributed by atoms with Gasteiger partial charge in [-0.05, 0) is 46.5 Å². The Labute approximate surface area is 289 Å². The molecule has 0 saturated carbocycles. The highest BCUT2D eigenvalue weighted by atomic mass is 28.4. The van der Waals surface area contributed by atoms with Crippen LogP contribution in [-0.4, -0.2) is 48.0 Å². The van der Waals surface area contributed by atoms with Crippen LogP contribution in [0.5, 0.6) is 0 Å². The number of pyridine rings is 1. The largest absolute Gasteiger partial charge is 0.416 e. The molecule has 2 N–H and O–H groups in total. The van der Waals surface area contributed by atoms with Crippen molar-refractivity contribution >= 4 is 41.3 Å². The number of anilines is 1. The van der Waals surface area contributed by atoms with Gasteiger partial charge in [-0.15, -0.1) is 0 Å². The number of carbonyl (C=O) groups is 1. The Kier molecular flexibility index (Phi) is 9.21. The second kappa shape index (κ2) is 13.1. The third kappa shape index (κ3) is 6.45. The molecule has 2 atom stereocenters. The van der Waals surface area contributed by atoms with E-state index in [2.05, 4.69) is 65.6 Å². The van der Waals surface area contributed by atoms with Crippen LogP contribution in [0.4, 0.5) is 19.0 Å². The van der Waals surface area contributed by atoms with E-state index in [1.807, 2.05) is 43.3 Å². The second-order valence-electron chi connectivity index (χ2n) is 14.2. The second-order valence-corrected chi connectivity index (χ2v) is 18.5. The zero-order valence-corrected chi connectivity index (χ0v) is 29.6. The fraction of sp³-hybridized carbons (Fsp3) is 0.316. The van der Waals surface area contributed by atoms with Gasteiger partial charge in [-0.25, -0.2) is 9.97 Å². The summed E-state index contributed by atoms with van der Waals surface area (Å²) in [6.07, 6.45) is -1.15. The maximum absolute atomic E-state index is 13.5. The minimum absolute atomic E-state index is 0.141. The van der Waals surface area contributed by atoms with Crippen molar-refractivity contribution in [1.82, 2.24) is 19.9 Å². The predicted octanol–water partition coefficient (Wildman–Crippen LogP) is 5.90. The van der Waals surface area contributed by atoms with Crippen LogP contribution in [0.1, 0.15) is 39.7 Å². The molecular weight excluding hydrogens is 660 g/mol. The first-order valence-electron chi connectivity index (χ1n) is 16.5. The van der Waals surface area contributed by atoms with Gasteiger partial charge in [0.05, 0.1) is 35.5 Å². The normalized spacial score (nSPS) is 18.3. The van der Waals surface area contributed by atoms with E-state index in [0.717, 1.165) is 22.5 Å². The first-order valence-corrected chi connectivity index (χ1v) is 18.4. The molecule has 6 rings (SSSR count). The van der Waals surface area contributed by atoms with Gasteiger partial charge in [0.2, 0.25) is 5.91 Å². The molecule has 3 aromatic carbocycles. The number of nitrogens with zero attached hydrogens (tertiary/aromatic N) is 3. The minimum atomic E-state index is -4.48. The number of aromatic nitrogens is 3. The Morgan fingerprint density at radius 3 is 2.10 bits per heavy atom. The fourth-order valence-electron chi connectivity index (χ4n) is 6.96. The Balaban J connectivity index is 1.25. The molecule has 50 heavy (non-hydrogen) atoms. The van der Waals surface area contributed by atoms with Gasteiger partial charge in [-0.1, -0.05) is 93.6 Å². The van der Waals surface area contributed by atoms with Gasteiger partial charge >= 0.3 is 6.18 Å². The lowest BCUT2D eigenvalue weighted by Crippen LogP contribution is -2.67. The van der Waals surface area contributed by atoms with Crippen LogP contribution in [0.2, 0.25) is 5.04 Å². The van der Waals surface area contributed by atoms with Crippen molar-refractivity contribution in [1.29, 1.82) is 0 Å². The summed E-state index contributed by atoms with van der Waals surface area (Å²) in [7, 11) is -1.26. The van der Waals surface area contributed by atoms with Gasteiger partial charge in [0.1, 0.15) is 11.2 Å². The summed E-state index contributed by atoms with van der Waals surface area (Å²) in [5, 5.41) is 8.66. The zero-order chi connectivity index (χ0) is 35.9. The fourth-order valence-corrected chi connectivity index (χ4v) is 11.6. The van der Waals surface area contributed by atoms with Crippen LogP contribution >= 0.6 is 0 Å². The molecule has 1 aliphatic rings. The molecule has 0 aliphatic carbocycles. The molecule has 1 saturated heterocycles. The first kappa shape index (κ1) is 35.0. The number of carbonyl (C=O) groups excluding carboxylic acids is 1. The van der Waals surface area contributed by atoms with E-state index < -0.39 is 25.5 Å². The highest BCUT2D eigenvalue weighted by Gasteiger charge is 2.51. The lowest BCUT2D eigenvalue weighted by atomic mass is 9.87. The highest BCUT2D eigenvalue weighted by molar-refractivity contribution is 6.99. The van der Waals surface area contributed by atoms with E-state index in [1.54, 1.807) is 7.05 Å². The Bertz CT molecular complexity index is 2030. The van der Waals surface area contributed by atoms with Crippen LogP contribution in [-0.2, 0) is 22.4 Å². The van der Waals surface area contributed by atoms with Crippen molar-refractivity contribution in [3.63, 3.8) is 0 Å². The molecule has 0 radical (unpaired) electrons. The molecule has 3 heterocycles. The number of rotatable bonds is 9. The molecule has 0 unspecified atom stereocenters. The Morgan fingerprint density at radius 1 is 0.940 bits per heavy atom. The van der Waals surface area contributed by atoms with Crippen LogP contribution in [0.3, 0.4) is 0 Å². The summed E-state index contributed by atoms with van der Waals surface area (Å²) in [5.41, 5.74) is -0.859. The van der Waals surface area contributed by atoms with Gasteiger partial charge in [-0.2, -0.15) is 13.2 Å². The standard InChI is InChI=1S/C38H40F3N5O3Si/c1-36(2,3)50(28-12-8-6-9-13-28,29-14-10-7-11-15-29)49-22-27-20-37(4,35(48)45-27)23-43-33-31-32(44-24-46(5)34(31)47)30(21-42-33)25-16-18-26(19-17-25)38(39,40)41/h6-19,21,24,27H,20,22-23H2,1-5H3,(H,42,43)(H,45,48)/t27-,37-/m0/s1. The molecular formula is C38H40F3N5O3Si. The molecule has 2 aromatic heterocycles. The van der Waals surface area contributed by atoms with Gasteiger partial charge in [-0.3, -0.25) is 9.59 Å². The number of alkyl halides is 3. The van der Waals surface area contributed by atoms with E-state index in [-0.39, 0.29) is 40.3 Å². The van der Waals surface area contributed by atoms with E-state index in [1.165, 1.54) is 29.2 Å². The number of hydrogen-bond donors (Lipinski definition) is 2. The number of hydrogen-bond acceptors (Lipinski definition) is 6. The Hall–Kier alpha value is -4.81. The first-order chi connectivity index (χ1) is 23.6. The number of nitrogens with one attached hydrogen (secondary N) is 2. The van der Waals surface area contributed by atoms with Gasteiger partial charge in [0, 0.05) is 25.4 Å². The number of fused-ring (bicyclic) bond motifs is 1. The van der Waals surface area contributed by atoms with Crippen molar-refractivity contribution < 1.29 is 22.4 Å². The van der Waals surface area contributed by atoms with Crippen molar-refractivity contribution in [2.45, 2.75) is 51.4 Å². The maximum Gasteiger partial charge on any atom is 0.416 e. The zero-order valence-electron chi connectivity index (χ0n) is 28.6. The van der Waals surface area contributed by atoms with Crippen LogP contribution in [0.25, 0.3) is 22.0 Å². The summed E-state index contributed by atoms with van der Waals surface area (Å²) in [4.78, 5) is 35.9. The molecule has 0 bridgehead atoms. The predicted molar refractivity (Wildman–Crippen MR) is 192 cm³/mol. The summed E-state index contributed by atoms with van der Waals surface area (Å²) in [6, 6.07) is 25.0. The summed E-state index contributed by atoms with van der Waals surface area (Å²) in [5.74, 6) is 0.100. The average molecular weight is 700 g/mol. The third-order valence-electron chi connectivity index (χ3n) is 9.61. The third-order valence-corrected chi connectivity index (χ3v) is 14.6. The maximum atomic E-state index is 13.5. The van der Waals surface area contributed by atoms with E-state index in [0.29, 0.717) is 29.7 Å². The van der Waals surface area contributed by atoms with Crippen LogP contribution < -0.4 is 26.6 Å². The van der Waals surface area contributed by atoms with Gasteiger partial charge in [0.25, 0.3) is 13.9 Å². The van der Waals surface area contributed by atoms with Crippen molar-refractivity contribution in [2.24, 2.45) is 12.5 Å². The summed E-state index contributed by atoms with van der Waals surface area (Å²) in [6.45, 7) is 8.99. The quantitative estimate of drug-likeness (QED) is 0.186. The lowest BCUT2D eigenvalue weighted by molar-refractivity contribution is -0.137. The molecule has 0 spiro atoms. The van der Waals surface area contributed by atoms with Crippen molar-refractivity contribution in [3.8, 4) is 11.1 Å². The SMILES string of the molecule is Cn1cnc2c(-c3ccc(C(F)(F)F)cc3)cnc(NC[C@]3(C)C[C@@H](CO[Si](c4ccccc4)(c4ccccc4)C(C)(C)C)NC3=O)c2c1=O. The molecule has 1 aliphatic heterocycles. The molecule has 5 aromatic rings. The van der Waals surface area contributed by atoms with E-state index in [4.69, 9.17) is 4.43 Å². The van der Waals surface area contributed by atoms with Gasteiger partial charge < -0.3 is 19.6 Å². The molecule has 1 fully saturated rings. The van der Waals surface area contributed by atoms with Crippen LogP contribution in [0.15, 0.2) is 102 Å². The molecule has 12 heteroatoms. The summed E-state index contributed by atoms with van der Waals surface area (Å²) >= 11 is 0. The minimum Gasteiger partial charge on any atom is -0.405 e. The molecule has 1 amide bonds. The monoisotopic (exact) mass is 699 g/mol. The molecule has 8 nitrogen and oxygen atoms in total. The highest BCUT2D eigenvalue weighted by Crippen LogP contribution is 2.39. The van der Waals surface area contributed by atoms with Gasteiger partial charge in [0.15, 0.2) is 0 Å². The number of aryl methyl sites for hydroxylation is 1. The summed E-state index contributed by atoms with van der Waals surface area (Å²) < 4.78 is 48.0. The van der Waals surface area contributed by atoms with Crippen LogP contribution in [0, 0.1) is 5.41 Å². The smallest absolute Gasteiger partial charge is 0.405 e. The molecule has 260 valence electrons. The van der Waals surface area contributed by atoms with Crippen molar-refractivity contribution in [2.75, 3.05) is 18.5 Å². The number of benzene rings is 3. The number of amides is 1.